The zero-order valence-corrected chi connectivity index (χ0v) is 4.46. The first-order valence-corrected chi connectivity index (χ1v) is 2.17. The summed E-state index contributed by atoms with van der Waals surface area (Å²) in [6.45, 7) is 2.34. The number of nitrogens with zero attached hydrogens (tertiary/aromatic N) is 1. The van der Waals surface area contributed by atoms with Crippen LogP contribution in [0.2, 0.25) is 0 Å². The third-order valence-corrected chi connectivity index (χ3v) is 0.850. The molecule has 44 valence electrons. The van der Waals surface area contributed by atoms with Crippen molar-refractivity contribution in [3.8, 4) is 0 Å². The van der Waals surface area contributed by atoms with Crippen molar-refractivity contribution >= 4 is 0 Å². The Morgan fingerprint density at radius 3 is 2.00 bits per heavy atom. The number of hydrogen-bond acceptors (Lipinski definition) is 4. The van der Waals surface area contributed by atoms with E-state index in [0.717, 1.165) is 5.12 Å². The lowest BCUT2D eigenvalue weighted by Crippen LogP contribution is -2.48. The van der Waals surface area contributed by atoms with Crippen molar-refractivity contribution in [2.24, 2.45) is 17.4 Å². The summed E-state index contributed by atoms with van der Waals surface area (Å²) in [4.78, 5) is 0. The van der Waals surface area contributed by atoms with Crippen LogP contribution in [0.25, 0.3) is 0 Å². The first-order valence-electron chi connectivity index (χ1n) is 2.17. The molecule has 1 atom stereocenters. The van der Waals surface area contributed by atoms with E-state index < -0.39 is 0 Å². The third-order valence-electron chi connectivity index (χ3n) is 0.850. The van der Waals surface area contributed by atoms with Crippen LogP contribution in [0.1, 0.15) is 6.92 Å². The van der Waals surface area contributed by atoms with Crippen molar-refractivity contribution in [3.63, 3.8) is 0 Å². The van der Waals surface area contributed by atoms with Gasteiger partial charge in [0.2, 0.25) is 0 Å². The topological polar surface area (TPSA) is 81.3 Å². The van der Waals surface area contributed by atoms with Crippen molar-refractivity contribution < 1.29 is 0 Å². The van der Waals surface area contributed by atoms with Gasteiger partial charge in [0, 0.05) is 12.6 Å². The summed E-state index contributed by atoms with van der Waals surface area (Å²) in [6.07, 6.45) is 0. The van der Waals surface area contributed by atoms with Gasteiger partial charge in [-0.3, -0.25) is 11.7 Å². The van der Waals surface area contributed by atoms with E-state index in [-0.39, 0.29) is 6.04 Å². The van der Waals surface area contributed by atoms with Gasteiger partial charge in [0.1, 0.15) is 0 Å². The fraction of sp³-hybridized carbons (Fsp3) is 1.00. The average molecular weight is 104 g/mol. The van der Waals surface area contributed by atoms with Gasteiger partial charge in [-0.2, -0.15) is 5.12 Å². The molecule has 0 aromatic carbocycles. The Labute approximate surface area is 43.2 Å². The van der Waals surface area contributed by atoms with Crippen molar-refractivity contribution in [2.45, 2.75) is 13.0 Å². The summed E-state index contributed by atoms with van der Waals surface area (Å²) >= 11 is 0. The van der Waals surface area contributed by atoms with E-state index >= 15 is 0 Å². The highest BCUT2D eigenvalue weighted by atomic mass is 15.6. The van der Waals surface area contributed by atoms with Gasteiger partial charge in [-0.25, -0.2) is 0 Å². The molecule has 0 saturated heterocycles. The van der Waals surface area contributed by atoms with Crippen molar-refractivity contribution in [3.05, 3.63) is 0 Å². The molecule has 4 nitrogen and oxygen atoms in total. The molecule has 0 fully saturated rings. The Bertz CT molecular complexity index is 44.2. The highest BCUT2D eigenvalue weighted by molar-refractivity contribution is 4.53. The average Bonchev–Trinajstić information content (AvgIpc) is 1.65. The highest BCUT2D eigenvalue weighted by Crippen LogP contribution is 1.77. The molecular weight excluding hydrogens is 92.1 g/mol. The second kappa shape index (κ2) is 2.92. The zero-order chi connectivity index (χ0) is 5.86. The molecule has 0 spiro atoms. The quantitative estimate of drug-likeness (QED) is 0.290. The van der Waals surface area contributed by atoms with E-state index in [9.17, 15) is 0 Å². The smallest absolute Gasteiger partial charge is 0.0489 e. The molecule has 4 heteroatoms. The first-order chi connectivity index (χ1) is 3.18. The van der Waals surface area contributed by atoms with E-state index in [1.165, 1.54) is 0 Å². The monoisotopic (exact) mass is 104 g/mol. The van der Waals surface area contributed by atoms with Gasteiger partial charge in [0.05, 0.1) is 0 Å². The third kappa shape index (κ3) is 2.52. The van der Waals surface area contributed by atoms with Crippen molar-refractivity contribution in [1.82, 2.24) is 5.12 Å². The summed E-state index contributed by atoms with van der Waals surface area (Å²) in [5.41, 5.74) is 5.17. The Morgan fingerprint density at radius 1 is 1.57 bits per heavy atom. The Morgan fingerprint density at radius 2 is 2.00 bits per heavy atom. The predicted octanol–water partition coefficient (Wildman–Crippen LogP) is -1.62. The summed E-state index contributed by atoms with van der Waals surface area (Å²) in [7, 11) is 0. The SMILES string of the molecule is C[C@H](CN)N(N)N. The molecule has 0 aliphatic rings. The molecule has 0 saturated carbocycles. The molecule has 0 aromatic rings. The maximum absolute atomic E-state index is 5.17. The van der Waals surface area contributed by atoms with Crippen LogP contribution in [0.15, 0.2) is 0 Å². The highest BCUT2D eigenvalue weighted by Gasteiger charge is 1.98. The molecule has 0 unspecified atom stereocenters. The van der Waals surface area contributed by atoms with Gasteiger partial charge < -0.3 is 5.73 Å². The lowest BCUT2D eigenvalue weighted by Gasteiger charge is -2.15. The molecule has 0 amide bonds. The Kier molecular flexibility index (Phi) is 2.86. The zero-order valence-electron chi connectivity index (χ0n) is 4.46. The van der Waals surface area contributed by atoms with Gasteiger partial charge in [0.15, 0.2) is 0 Å². The molecule has 0 radical (unpaired) electrons. The standard InChI is InChI=1S/C3H12N4/c1-3(2-4)7(5)6/h3H,2,4-6H2,1H3/t3-/m1/s1. The minimum Gasteiger partial charge on any atom is -0.329 e. The molecule has 6 N–H and O–H groups in total. The van der Waals surface area contributed by atoms with E-state index in [2.05, 4.69) is 0 Å². The summed E-state index contributed by atoms with van der Waals surface area (Å²) in [6, 6.07) is 0.0694. The van der Waals surface area contributed by atoms with Gasteiger partial charge in [-0.05, 0) is 6.92 Å². The summed E-state index contributed by atoms with van der Waals surface area (Å²) in [5, 5.41) is 1.10. The molecule has 0 aliphatic carbocycles. The lowest BCUT2D eigenvalue weighted by molar-refractivity contribution is 0.225. The van der Waals surface area contributed by atoms with Crippen LogP contribution < -0.4 is 17.4 Å². The van der Waals surface area contributed by atoms with Crippen LogP contribution in [-0.4, -0.2) is 17.7 Å². The maximum atomic E-state index is 5.17. The predicted molar refractivity (Wildman–Crippen MR) is 28.7 cm³/mol. The Balaban J connectivity index is 3.14. The number of hydrogen-bond donors (Lipinski definition) is 3. The van der Waals surface area contributed by atoms with Crippen molar-refractivity contribution in [2.75, 3.05) is 6.54 Å². The van der Waals surface area contributed by atoms with Crippen LogP contribution >= 0.6 is 0 Å². The summed E-state index contributed by atoms with van der Waals surface area (Å²) < 4.78 is 0. The van der Waals surface area contributed by atoms with Gasteiger partial charge in [0.25, 0.3) is 0 Å². The van der Waals surface area contributed by atoms with Crippen molar-refractivity contribution in [1.29, 1.82) is 0 Å². The minimum absolute atomic E-state index is 0.0694. The van der Waals surface area contributed by atoms with Crippen LogP contribution in [0.5, 0.6) is 0 Å². The molecule has 0 bridgehead atoms. The van der Waals surface area contributed by atoms with Crippen LogP contribution in [0, 0.1) is 0 Å². The van der Waals surface area contributed by atoms with E-state index in [1.807, 2.05) is 6.92 Å². The first kappa shape index (κ1) is 6.84. The normalized spacial score (nSPS) is 15.0. The van der Waals surface area contributed by atoms with Crippen LogP contribution in [-0.2, 0) is 0 Å². The lowest BCUT2D eigenvalue weighted by atomic mass is 10.4. The second-order valence-corrected chi connectivity index (χ2v) is 1.53. The van der Waals surface area contributed by atoms with Crippen LogP contribution in [0.4, 0.5) is 0 Å². The van der Waals surface area contributed by atoms with Gasteiger partial charge in [-0.1, -0.05) is 0 Å². The maximum Gasteiger partial charge on any atom is 0.0489 e. The molecule has 0 aromatic heterocycles. The molecule has 0 heterocycles. The van der Waals surface area contributed by atoms with Gasteiger partial charge >= 0.3 is 0 Å². The number of hydrazine groups is 2. The van der Waals surface area contributed by atoms with Gasteiger partial charge in [-0.15, -0.1) is 0 Å². The minimum atomic E-state index is 0.0694. The van der Waals surface area contributed by atoms with E-state index in [0.29, 0.717) is 6.54 Å². The fourth-order valence-corrected chi connectivity index (χ4v) is 0.122. The summed E-state index contributed by atoms with van der Waals surface area (Å²) in [5.74, 6) is 10.2. The van der Waals surface area contributed by atoms with E-state index in [4.69, 9.17) is 17.4 Å². The molecular formula is C3H12N4. The number of rotatable bonds is 2. The second-order valence-electron chi connectivity index (χ2n) is 1.53. The largest absolute Gasteiger partial charge is 0.329 e. The fourth-order valence-electron chi connectivity index (χ4n) is 0.122. The molecule has 7 heavy (non-hydrogen) atoms. The molecule has 0 rings (SSSR count). The Hall–Kier alpha value is -0.160. The number of nitrogens with two attached hydrogens (primary N) is 3. The van der Waals surface area contributed by atoms with Crippen LogP contribution in [0.3, 0.4) is 0 Å². The molecule has 0 aliphatic heterocycles. The van der Waals surface area contributed by atoms with E-state index in [1.54, 1.807) is 0 Å².